The van der Waals surface area contributed by atoms with Crippen LogP contribution in [0.25, 0.3) is 10.4 Å². The van der Waals surface area contributed by atoms with Crippen LogP contribution in [0.5, 0.6) is 0 Å². The summed E-state index contributed by atoms with van der Waals surface area (Å²) < 4.78 is 9.79. The van der Waals surface area contributed by atoms with E-state index in [0.29, 0.717) is 25.8 Å². The van der Waals surface area contributed by atoms with E-state index in [1.807, 2.05) is 0 Å². The van der Waals surface area contributed by atoms with E-state index in [4.69, 9.17) is 20.3 Å². The van der Waals surface area contributed by atoms with Crippen molar-refractivity contribution in [2.75, 3.05) is 13.2 Å². The Kier molecular flexibility index (Phi) is 9.14. The van der Waals surface area contributed by atoms with Crippen molar-refractivity contribution in [1.29, 1.82) is 5.26 Å². The molecule has 122 valence electrons. The Hall–Kier alpha value is -2.46. The van der Waals surface area contributed by atoms with Gasteiger partial charge in [0.05, 0.1) is 0 Å². The number of nitriles is 1. The number of esters is 1. The Morgan fingerprint density at radius 2 is 2.09 bits per heavy atom. The molecule has 0 aromatic rings. The number of nitrogens with one attached hydrogen (secondary N) is 1. The molecule has 0 aliphatic heterocycles. The van der Waals surface area contributed by atoms with E-state index < -0.39 is 23.7 Å². The summed E-state index contributed by atoms with van der Waals surface area (Å²) in [6.45, 7) is 5.04. The van der Waals surface area contributed by atoms with Gasteiger partial charge in [-0.1, -0.05) is 11.5 Å². The van der Waals surface area contributed by atoms with Crippen LogP contribution in [0.3, 0.4) is 0 Å². The number of carbonyl (C=O) groups is 2. The Morgan fingerprint density at radius 3 is 2.64 bits per heavy atom. The molecule has 0 aliphatic rings. The zero-order valence-corrected chi connectivity index (χ0v) is 13.0. The molecule has 1 unspecified atom stereocenters. The van der Waals surface area contributed by atoms with Gasteiger partial charge in [0, 0.05) is 11.5 Å². The third-order valence-corrected chi connectivity index (χ3v) is 2.32. The fraction of sp³-hybridized carbons (Fsp3) is 0.769. The second-order valence-corrected chi connectivity index (χ2v) is 5.41. The van der Waals surface area contributed by atoms with Crippen molar-refractivity contribution < 1.29 is 19.1 Å². The normalized spacial score (nSPS) is 11.5. The van der Waals surface area contributed by atoms with Gasteiger partial charge >= 0.3 is 12.1 Å². The van der Waals surface area contributed by atoms with Crippen LogP contribution in [0.2, 0.25) is 0 Å². The largest absolute Gasteiger partial charge is 0.449 e. The molecule has 0 radical (unpaired) electrons. The highest BCUT2D eigenvalue weighted by Gasteiger charge is 2.25. The van der Waals surface area contributed by atoms with Crippen LogP contribution in [-0.2, 0) is 14.3 Å². The van der Waals surface area contributed by atoms with Crippen molar-refractivity contribution in [3.63, 3.8) is 0 Å². The average Bonchev–Trinajstić information content (AvgIpc) is 2.41. The fourth-order valence-corrected chi connectivity index (χ4v) is 1.48. The number of hydrogen-bond donors (Lipinski definition) is 1. The highest BCUT2D eigenvalue weighted by molar-refractivity contribution is 5.81. The lowest BCUT2D eigenvalue weighted by atomic mass is 10.1. The summed E-state index contributed by atoms with van der Waals surface area (Å²) in [6, 6.07) is 0.779. The topological polar surface area (TPSA) is 137 Å². The maximum absolute atomic E-state index is 11.8. The van der Waals surface area contributed by atoms with E-state index in [-0.39, 0.29) is 6.61 Å². The van der Waals surface area contributed by atoms with Gasteiger partial charge in [-0.2, -0.15) is 5.26 Å². The van der Waals surface area contributed by atoms with Crippen molar-refractivity contribution in [2.24, 2.45) is 5.11 Å². The maximum atomic E-state index is 11.8. The minimum absolute atomic E-state index is 0.296. The molecule has 0 saturated heterocycles. The van der Waals surface area contributed by atoms with Crippen LogP contribution in [0.15, 0.2) is 5.11 Å². The second-order valence-electron chi connectivity index (χ2n) is 5.41. The summed E-state index contributed by atoms with van der Waals surface area (Å²) in [5.74, 6) is -0.698. The first-order valence-electron chi connectivity index (χ1n) is 6.84. The standard InChI is InChI=1S/C13H21N5O4/c1-13(2,3)22-12(20)17-10(11(19)21-9-7-14)6-4-5-8-16-18-15/h10H,4-6,8-9H2,1-3H3,(H,17,20). The molecule has 22 heavy (non-hydrogen) atoms. The van der Waals surface area contributed by atoms with Crippen molar-refractivity contribution in [3.05, 3.63) is 10.4 Å². The van der Waals surface area contributed by atoms with Crippen molar-refractivity contribution in [3.8, 4) is 6.07 Å². The fourth-order valence-electron chi connectivity index (χ4n) is 1.48. The van der Waals surface area contributed by atoms with Gasteiger partial charge < -0.3 is 14.8 Å². The molecular formula is C13H21N5O4. The molecule has 0 rings (SSSR count). The van der Waals surface area contributed by atoms with Gasteiger partial charge in [0.15, 0.2) is 6.61 Å². The summed E-state index contributed by atoms with van der Waals surface area (Å²) in [4.78, 5) is 26.1. The molecule has 0 aromatic carbocycles. The molecule has 0 fully saturated rings. The predicted octanol–water partition coefficient (Wildman–Crippen LogP) is 2.43. The Balaban J connectivity index is 4.51. The highest BCUT2D eigenvalue weighted by Crippen LogP contribution is 2.09. The molecule has 0 saturated carbocycles. The van der Waals surface area contributed by atoms with Crippen LogP contribution in [0.1, 0.15) is 40.0 Å². The number of azide groups is 1. The summed E-state index contributed by atoms with van der Waals surface area (Å²) >= 11 is 0. The van der Waals surface area contributed by atoms with Crippen molar-refractivity contribution in [2.45, 2.75) is 51.7 Å². The lowest BCUT2D eigenvalue weighted by Gasteiger charge is -2.22. The van der Waals surface area contributed by atoms with Crippen LogP contribution < -0.4 is 5.32 Å². The number of ether oxygens (including phenoxy) is 2. The van der Waals surface area contributed by atoms with Gasteiger partial charge in [-0.25, -0.2) is 9.59 Å². The number of rotatable bonds is 8. The number of amides is 1. The first-order valence-corrected chi connectivity index (χ1v) is 6.84. The molecule has 9 nitrogen and oxygen atoms in total. The van der Waals surface area contributed by atoms with Crippen LogP contribution in [0.4, 0.5) is 4.79 Å². The maximum Gasteiger partial charge on any atom is 0.408 e. The number of alkyl carbamates (subject to hydrolysis) is 1. The zero-order valence-electron chi connectivity index (χ0n) is 13.0. The third-order valence-electron chi connectivity index (χ3n) is 2.32. The molecule has 1 amide bonds. The first-order chi connectivity index (χ1) is 10.3. The van der Waals surface area contributed by atoms with E-state index in [1.54, 1.807) is 26.8 Å². The second kappa shape index (κ2) is 10.3. The summed E-state index contributed by atoms with van der Waals surface area (Å²) in [5.41, 5.74) is 7.48. The van der Waals surface area contributed by atoms with Gasteiger partial charge in [0.25, 0.3) is 0 Å². The lowest BCUT2D eigenvalue weighted by molar-refractivity contribution is -0.145. The van der Waals surface area contributed by atoms with Crippen LogP contribution >= 0.6 is 0 Å². The highest BCUT2D eigenvalue weighted by atomic mass is 16.6. The van der Waals surface area contributed by atoms with E-state index in [1.165, 1.54) is 0 Å². The quantitative estimate of drug-likeness (QED) is 0.241. The first kappa shape index (κ1) is 19.5. The summed E-state index contributed by atoms with van der Waals surface area (Å²) in [7, 11) is 0. The Morgan fingerprint density at radius 1 is 1.41 bits per heavy atom. The molecule has 0 spiro atoms. The van der Waals surface area contributed by atoms with Gasteiger partial charge in [-0.05, 0) is 39.1 Å². The average molecular weight is 311 g/mol. The van der Waals surface area contributed by atoms with Gasteiger partial charge in [0.2, 0.25) is 0 Å². The molecule has 1 N–H and O–H groups in total. The monoisotopic (exact) mass is 311 g/mol. The van der Waals surface area contributed by atoms with Crippen molar-refractivity contribution in [1.82, 2.24) is 5.32 Å². The number of hydrogen-bond acceptors (Lipinski definition) is 6. The van der Waals surface area contributed by atoms with Crippen LogP contribution in [0, 0.1) is 11.3 Å². The van der Waals surface area contributed by atoms with Gasteiger partial charge in [-0.15, -0.1) is 0 Å². The van der Waals surface area contributed by atoms with E-state index in [2.05, 4.69) is 15.3 Å². The minimum atomic E-state index is -0.908. The molecule has 9 heteroatoms. The lowest BCUT2D eigenvalue weighted by Crippen LogP contribution is -2.44. The van der Waals surface area contributed by atoms with E-state index in [0.717, 1.165) is 0 Å². The molecule has 0 aliphatic carbocycles. The van der Waals surface area contributed by atoms with Gasteiger partial charge in [-0.3, -0.25) is 0 Å². The number of carbonyl (C=O) groups excluding carboxylic acids is 2. The Labute approximate surface area is 129 Å². The SMILES string of the molecule is CC(C)(C)OC(=O)NC(CCCCN=[N+]=[N-])C(=O)OCC#N. The smallest absolute Gasteiger partial charge is 0.408 e. The summed E-state index contributed by atoms with van der Waals surface area (Å²) in [5, 5.41) is 14.2. The van der Waals surface area contributed by atoms with E-state index in [9.17, 15) is 9.59 Å². The number of unbranched alkanes of at least 4 members (excludes halogenated alkanes) is 1. The van der Waals surface area contributed by atoms with E-state index >= 15 is 0 Å². The van der Waals surface area contributed by atoms with Crippen LogP contribution in [-0.4, -0.2) is 36.9 Å². The molecular weight excluding hydrogens is 290 g/mol. The predicted molar refractivity (Wildman–Crippen MR) is 77.6 cm³/mol. The third kappa shape index (κ3) is 10.3. The molecule has 1 atom stereocenters. The number of nitrogens with zero attached hydrogens (tertiary/aromatic N) is 4. The zero-order chi connectivity index (χ0) is 17.0. The summed E-state index contributed by atoms with van der Waals surface area (Å²) in [6.07, 6.45) is 0.676. The molecule has 0 bridgehead atoms. The Bertz CT molecular complexity index is 460. The van der Waals surface area contributed by atoms with Gasteiger partial charge in [0.1, 0.15) is 17.7 Å². The minimum Gasteiger partial charge on any atom is -0.449 e. The van der Waals surface area contributed by atoms with Crippen molar-refractivity contribution >= 4 is 12.1 Å². The molecule has 0 aromatic heterocycles. The molecule has 0 heterocycles.